The van der Waals surface area contributed by atoms with Gasteiger partial charge in [-0.2, -0.15) is 5.10 Å². The minimum Gasteiger partial charge on any atom is -0.493 e. The second-order valence-electron chi connectivity index (χ2n) is 9.68. The molecule has 0 bridgehead atoms. The number of amides is 2. The average molecular weight is 539 g/mol. The van der Waals surface area contributed by atoms with Gasteiger partial charge in [-0.3, -0.25) is 9.59 Å². The highest BCUT2D eigenvalue weighted by atomic mass is 16.5. The summed E-state index contributed by atoms with van der Waals surface area (Å²) in [5, 5.41) is 7.05. The van der Waals surface area contributed by atoms with Gasteiger partial charge in [-0.1, -0.05) is 35.9 Å². The summed E-state index contributed by atoms with van der Waals surface area (Å²) < 4.78 is 13.2. The molecule has 0 spiro atoms. The molecule has 206 valence electrons. The first-order valence-electron chi connectivity index (χ1n) is 12.9. The number of carbonyl (C=O) groups excluding carboxylic acids is 2. The van der Waals surface area contributed by atoms with Crippen molar-refractivity contribution in [2.45, 2.75) is 34.6 Å². The summed E-state index contributed by atoms with van der Waals surface area (Å²) in [4.78, 5) is 25.4. The quantitative estimate of drug-likeness (QED) is 0.208. The van der Waals surface area contributed by atoms with Gasteiger partial charge in [-0.05, 0) is 87.7 Å². The lowest BCUT2D eigenvalue weighted by molar-refractivity contribution is -0.118. The smallest absolute Gasteiger partial charge is 0.273 e. The fraction of sp³-hybridized carbons (Fsp3) is 0.219. The van der Waals surface area contributed by atoms with E-state index in [2.05, 4.69) is 15.8 Å². The van der Waals surface area contributed by atoms with E-state index < -0.39 is 0 Å². The first kappa shape index (κ1) is 28.2. The van der Waals surface area contributed by atoms with Crippen LogP contribution in [-0.2, 0) is 4.79 Å². The monoisotopic (exact) mass is 538 g/mol. The van der Waals surface area contributed by atoms with Crippen molar-refractivity contribution in [3.8, 4) is 17.2 Å². The number of para-hydroxylation sites is 1. The molecule has 0 radical (unpaired) electrons. The summed E-state index contributed by atoms with van der Waals surface area (Å²) >= 11 is 0. The second kappa shape index (κ2) is 12.3. The Kier molecular flexibility index (Phi) is 8.69. The first-order valence-corrected chi connectivity index (χ1v) is 12.9. The van der Waals surface area contributed by atoms with Gasteiger partial charge < -0.3 is 19.4 Å². The van der Waals surface area contributed by atoms with Crippen molar-refractivity contribution in [3.63, 3.8) is 0 Å². The Bertz CT molecular complexity index is 1550. The number of hydrogen-bond donors (Lipinski definition) is 2. The third kappa shape index (κ3) is 6.40. The molecule has 0 saturated carbocycles. The molecule has 3 aromatic carbocycles. The van der Waals surface area contributed by atoms with Gasteiger partial charge in [0.15, 0.2) is 18.1 Å². The summed E-state index contributed by atoms with van der Waals surface area (Å²) in [7, 11) is 1.52. The van der Waals surface area contributed by atoms with Crippen LogP contribution in [0.1, 0.15) is 44.0 Å². The Morgan fingerprint density at radius 1 is 0.900 bits per heavy atom. The van der Waals surface area contributed by atoms with E-state index in [1.807, 2.05) is 87.7 Å². The Morgan fingerprint density at radius 3 is 2.27 bits per heavy atom. The lowest BCUT2D eigenvalue weighted by Gasteiger charge is -2.14. The van der Waals surface area contributed by atoms with E-state index in [1.165, 1.54) is 13.3 Å². The van der Waals surface area contributed by atoms with Crippen LogP contribution in [0.25, 0.3) is 5.69 Å². The van der Waals surface area contributed by atoms with Crippen LogP contribution < -0.4 is 20.2 Å². The molecule has 4 rings (SSSR count). The third-order valence-corrected chi connectivity index (χ3v) is 6.56. The number of rotatable bonds is 9. The second-order valence-corrected chi connectivity index (χ2v) is 9.68. The Labute approximate surface area is 234 Å². The maximum atomic E-state index is 12.8. The predicted molar refractivity (Wildman–Crippen MR) is 158 cm³/mol. The molecule has 8 nitrogen and oxygen atoms in total. The molecule has 0 saturated heterocycles. The van der Waals surface area contributed by atoms with Crippen molar-refractivity contribution >= 4 is 23.7 Å². The molecule has 8 heteroatoms. The summed E-state index contributed by atoms with van der Waals surface area (Å²) in [6, 6.07) is 21.0. The molecule has 2 N–H and O–H groups in total. The molecule has 0 atom stereocenters. The predicted octanol–water partition coefficient (Wildman–Crippen LogP) is 5.81. The van der Waals surface area contributed by atoms with E-state index in [0.29, 0.717) is 22.6 Å². The Balaban J connectivity index is 1.38. The summed E-state index contributed by atoms with van der Waals surface area (Å²) in [6.07, 6.45) is 1.52. The van der Waals surface area contributed by atoms with E-state index in [4.69, 9.17) is 9.47 Å². The number of aromatic nitrogens is 1. The van der Waals surface area contributed by atoms with Crippen molar-refractivity contribution in [1.82, 2.24) is 9.99 Å². The summed E-state index contributed by atoms with van der Waals surface area (Å²) in [5.41, 5.74) is 10.6. The average Bonchev–Trinajstić information content (AvgIpc) is 3.23. The number of aryl methyl sites for hydroxylation is 4. The fourth-order valence-corrected chi connectivity index (χ4v) is 4.77. The van der Waals surface area contributed by atoms with Gasteiger partial charge in [0.25, 0.3) is 11.8 Å². The number of hydrazone groups is 1. The highest BCUT2D eigenvalue weighted by Gasteiger charge is 2.16. The van der Waals surface area contributed by atoms with Crippen LogP contribution in [0.3, 0.4) is 0 Å². The molecule has 40 heavy (non-hydrogen) atoms. The minimum absolute atomic E-state index is 0.173. The van der Waals surface area contributed by atoms with Crippen LogP contribution in [0.2, 0.25) is 0 Å². The molecular weight excluding hydrogens is 504 g/mol. The van der Waals surface area contributed by atoms with Crippen molar-refractivity contribution in [2.75, 3.05) is 19.0 Å². The SMILES string of the molecule is COc1cc(/C=N/NC(=O)c2cc(C)n(-c3ccccc3)c2C)ccc1OCC(=O)Nc1c(C)cc(C)cc1C. The Hall–Kier alpha value is -4.85. The Morgan fingerprint density at radius 2 is 1.60 bits per heavy atom. The largest absolute Gasteiger partial charge is 0.493 e. The fourth-order valence-electron chi connectivity index (χ4n) is 4.77. The third-order valence-electron chi connectivity index (χ3n) is 6.56. The molecular formula is C32H34N4O4. The molecule has 0 aliphatic heterocycles. The van der Waals surface area contributed by atoms with Crippen LogP contribution in [0, 0.1) is 34.6 Å². The topological polar surface area (TPSA) is 93.9 Å². The van der Waals surface area contributed by atoms with E-state index >= 15 is 0 Å². The van der Waals surface area contributed by atoms with E-state index in [9.17, 15) is 9.59 Å². The van der Waals surface area contributed by atoms with Gasteiger partial charge >= 0.3 is 0 Å². The molecule has 0 aliphatic rings. The molecule has 4 aromatic rings. The van der Waals surface area contributed by atoms with Gasteiger partial charge in [-0.25, -0.2) is 5.43 Å². The maximum Gasteiger partial charge on any atom is 0.273 e. The van der Waals surface area contributed by atoms with Crippen molar-refractivity contribution in [2.24, 2.45) is 5.10 Å². The maximum absolute atomic E-state index is 12.8. The molecule has 0 unspecified atom stereocenters. The number of methoxy groups -OCH3 is 1. The lowest BCUT2D eigenvalue weighted by Crippen LogP contribution is -2.21. The molecule has 0 fully saturated rings. The number of anilines is 1. The minimum atomic E-state index is -0.302. The molecule has 2 amide bonds. The van der Waals surface area contributed by atoms with Gasteiger partial charge in [0.1, 0.15) is 0 Å². The normalized spacial score (nSPS) is 10.9. The van der Waals surface area contributed by atoms with Crippen LogP contribution in [0.15, 0.2) is 71.8 Å². The number of ether oxygens (including phenoxy) is 2. The van der Waals surface area contributed by atoms with E-state index in [-0.39, 0.29) is 18.4 Å². The number of hydrogen-bond acceptors (Lipinski definition) is 5. The highest BCUT2D eigenvalue weighted by molar-refractivity contribution is 5.96. The van der Waals surface area contributed by atoms with Crippen LogP contribution >= 0.6 is 0 Å². The van der Waals surface area contributed by atoms with Crippen LogP contribution in [0.5, 0.6) is 11.5 Å². The van der Waals surface area contributed by atoms with Crippen LogP contribution in [0.4, 0.5) is 5.69 Å². The zero-order valence-corrected chi connectivity index (χ0v) is 23.7. The van der Waals surface area contributed by atoms with Gasteiger partial charge in [0.05, 0.1) is 18.9 Å². The lowest BCUT2D eigenvalue weighted by atomic mass is 10.1. The van der Waals surface area contributed by atoms with Crippen molar-refractivity contribution in [1.29, 1.82) is 0 Å². The van der Waals surface area contributed by atoms with Gasteiger partial charge in [0, 0.05) is 22.8 Å². The summed E-state index contributed by atoms with van der Waals surface area (Å²) in [6.45, 7) is 9.65. The van der Waals surface area contributed by atoms with E-state index in [1.54, 1.807) is 18.2 Å². The number of carbonyl (C=O) groups is 2. The number of nitrogens with one attached hydrogen (secondary N) is 2. The standard InChI is InChI=1S/C32H34N4O4/c1-20-14-21(2)31(22(3)15-20)34-30(37)19-40-28-13-12-25(17-29(28)39-6)18-33-35-32(38)27-16-23(4)36(24(27)5)26-10-8-7-9-11-26/h7-18H,19H2,1-6H3,(H,34,37)(H,35,38)/b33-18+. The van der Waals surface area contributed by atoms with Crippen LogP contribution in [-0.4, -0.2) is 36.3 Å². The molecule has 1 heterocycles. The zero-order chi connectivity index (χ0) is 28.8. The zero-order valence-electron chi connectivity index (χ0n) is 23.7. The summed E-state index contributed by atoms with van der Waals surface area (Å²) in [5.74, 6) is 0.294. The van der Waals surface area contributed by atoms with E-state index in [0.717, 1.165) is 39.5 Å². The van der Waals surface area contributed by atoms with Crippen molar-refractivity contribution < 1.29 is 19.1 Å². The highest BCUT2D eigenvalue weighted by Crippen LogP contribution is 2.28. The van der Waals surface area contributed by atoms with Crippen molar-refractivity contribution in [3.05, 3.63) is 106 Å². The molecule has 0 aliphatic carbocycles. The molecule has 1 aromatic heterocycles. The number of nitrogens with zero attached hydrogens (tertiary/aromatic N) is 2. The van der Waals surface area contributed by atoms with Gasteiger partial charge in [0.2, 0.25) is 0 Å². The number of benzene rings is 3. The first-order chi connectivity index (χ1) is 19.2. The van der Waals surface area contributed by atoms with Gasteiger partial charge in [-0.15, -0.1) is 0 Å².